The monoisotopic (exact) mass is 537 g/mol. The quantitative estimate of drug-likeness (QED) is 0.309. The van der Waals surface area contributed by atoms with Gasteiger partial charge in [-0.15, -0.1) is 5.10 Å². The first-order valence-electron chi connectivity index (χ1n) is 10.9. The van der Waals surface area contributed by atoms with Gasteiger partial charge < -0.3 is 10.5 Å². The summed E-state index contributed by atoms with van der Waals surface area (Å²) in [7, 11) is 0. The largest absolute Gasteiger partial charge is 0.454 e. The Kier molecular flexibility index (Phi) is 6.18. The normalized spacial score (nSPS) is 11.2. The predicted octanol–water partition coefficient (Wildman–Crippen LogP) is 5.57. The van der Waals surface area contributed by atoms with Gasteiger partial charge in [-0.1, -0.05) is 23.2 Å². The highest BCUT2D eigenvalue weighted by Gasteiger charge is 2.15. The summed E-state index contributed by atoms with van der Waals surface area (Å²) in [4.78, 5) is 30.4. The van der Waals surface area contributed by atoms with Crippen molar-refractivity contribution >= 4 is 39.9 Å². The molecule has 186 valence electrons. The molecule has 37 heavy (non-hydrogen) atoms. The first kappa shape index (κ1) is 24.5. The number of aromatic amines is 1. The molecule has 8 nitrogen and oxygen atoms in total. The molecule has 2 aromatic heterocycles. The van der Waals surface area contributed by atoms with Gasteiger partial charge in [0.15, 0.2) is 5.75 Å². The van der Waals surface area contributed by atoms with Crippen LogP contribution in [0, 0.1) is 19.7 Å². The van der Waals surface area contributed by atoms with Gasteiger partial charge in [0.1, 0.15) is 11.6 Å². The third-order valence-corrected chi connectivity index (χ3v) is 6.30. The Hall–Kier alpha value is -4.21. The fourth-order valence-corrected chi connectivity index (χ4v) is 4.41. The molecule has 3 N–H and O–H groups in total. The van der Waals surface area contributed by atoms with E-state index in [1.54, 1.807) is 31.2 Å². The van der Waals surface area contributed by atoms with Crippen LogP contribution in [0.15, 0.2) is 64.2 Å². The number of ether oxygens (including phenoxy) is 1. The van der Waals surface area contributed by atoms with Crippen LogP contribution in [0.5, 0.6) is 11.5 Å². The molecular formula is C26H18Cl2FN5O3. The van der Waals surface area contributed by atoms with Crippen LogP contribution in [0.1, 0.15) is 11.1 Å². The second-order valence-electron chi connectivity index (χ2n) is 8.36. The summed E-state index contributed by atoms with van der Waals surface area (Å²) < 4.78 is 20.6. The van der Waals surface area contributed by atoms with Gasteiger partial charge in [-0.25, -0.2) is 14.2 Å². The number of H-pyrrole nitrogens is 1. The van der Waals surface area contributed by atoms with Crippen LogP contribution in [-0.4, -0.2) is 19.7 Å². The molecule has 0 radical (unpaired) electrons. The highest BCUT2D eigenvalue weighted by atomic mass is 35.5. The number of nitrogens with zero attached hydrogens (tertiary/aromatic N) is 3. The average Bonchev–Trinajstić information content (AvgIpc) is 2.85. The fraction of sp³-hybridized carbons (Fsp3) is 0.0769. The Morgan fingerprint density at radius 1 is 0.973 bits per heavy atom. The summed E-state index contributed by atoms with van der Waals surface area (Å²) in [5, 5.41) is 4.84. The lowest BCUT2D eigenvalue weighted by molar-refractivity contribution is 0.483. The Morgan fingerprint density at radius 3 is 2.41 bits per heavy atom. The van der Waals surface area contributed by atoms with E-state index < -0.39 is 11.2 Å². The smallest absolute Gasteiger partial charge is 0.349 e. The Bertz CT molecular complexity index is 1810. The third-order valence-electron chi connectivity index (χ3n) is 5.74. The number of pyridine rings is 1. The van der Waals surface area contributed by atoms with Gasteiger partial charge in [-0.3, -0.25) is 9.78 Å². The second-order valence-corrected chi connectivity index (χ2v) is 9.18. The predicted molar refractivity (Wildman–Crippen MR) is 142 cm³/mol. The molecule has 0 aliphatic rings. The van der Waals surface area contributed by atoms with E-state index in [1.165, 1.54) is 18.2 Å². The highest BCUT2D eigenvalue weighted by Crippen LogP contribution is 2.39. The third kappa shape index (κ3) is 4.66. The van der Waals surface area contributed by atoms with E-state index in [2.05, 4.69) is 10.1 Å². The maximum absolute atomic E-state index is 13.7. The van der Waals surface area contributed by atoms with E-state index >= 15 is 0 Å². The molecule has 0 aliphatic carbocycles. The van der Waals surface area contributed by atoms with Crippen LogP contribution < -0.4 is 21.7 Å². The minimum atomic E-state index is -0.798. The highest BCUT2D eigenvalue weighted by molar-refractivity contribution is 6.37. The number of aryl methyl sites for hydroxylation is 2. The molecule has 5 rings (SSSR count). The topological polar surface area (TPSA) is 116 Å². The summed E-state index contributed by atoms with van der Waals surface area (Å²) >= 11 is 12.9. The first-order valence-corrected chi connectivity index (χ1v) is 11.7. The minimum absolute atomic E-state index is 0.109. The van der Waals surface area contributed by atoms with Gasteiger partial charge in [-0.2, -0.15) is 4.68 Å². The van der Waals surface area contributed by atoms with Crippen LogP contribution in [0.4, 0.5) is 10.2 Å². The second kappa shape index (κ2) is 9.34. The molecular weight excluding hydrogens is 520 g/mol. The zero-order valence-electron chi connectivity index (χ0n) is 19.5. The Balaban J connectivity index is 1.49. The van der Waals surface area contributed by atoms with E-state index in [-0.39, 0.29) is 33.1 Å². The number of fused-ring (bicyclic) bond motifs is 1. The summed E-state index contributed by atoms with van der Waals surface area (Å²) in [6.45, 7) is 3.66. The zero-order chi connectivity index (χ0) is 26.4. The zero-order valence-corrected chi connectivity index (χ0v) is 21.0. The molecule has 0 fully saturated rings. The van der Waals surface area contributed by atoms with Gasteiger partial charge in [0.05, 0.1) is 26.9 Å². The number of nitrogen functional groups attached to an aromatic ring is 1. The van der Waals surface area contributed by atoms with E-state index in [0.717, 1.165) is 32.4 Å². The van der Waals surface area contributed by atoms with Crippen molar-refractivity contribution < 1.29 is 9.13 Å². The van der Waals surface area contributed by atoms with Crippen molar-refractivity contribution in [3.8, 4) is 28.4 Å². The van der Waals surface area contributed by atoms with Gasteiger partial charge >= 0.3 is 5.69 Å². The SMILES string of the molecule is Cc1cc(-c2cc(C)c3cc(Oc4c(Cl)cc(-n5nc(N)c(=O)[nH]c5=O)cc4Cl)ccc3n2)ccc1F. The van der Waals surface area contributed by atoms with Crippen molar-refractivity contribution in [2.24, 2.45) is 0 Å². The van der Waals surface area contributed by atoms with E-state index in [0.29, 0.717) is 11.3 Å². The molecule has 0 spiro atoms. The van der Waals surface area contributed by atoms with Gasteiger partial charge in [-0.05, 0) is 79.6 Å². The van der Waals surface area contributed by atoms with Crippen molar-refractivity contribution in [2.75, 3.05) is 5.73 Å². The van der Waals surface area contributed by atoms with Crippen LogP contribution in [-0.2, 0) is 0 Å². The number of benzene rings is 3. The van der Waals surface area contributed by atoms with Crippen molar-refractivity contribution in [3.63, 3.8) is 0 Å². The number of hydrogen-bond donors (Lipinski definition) is 2. The first-order chi connectivity index (χ1) is 17.6. The summed E-state index contributed by atoms with van der Waals surface area (Å²) in [6, 6.07) is 15.0. The van der Waals surface area contributed by atoms with Crippen LogP contribution >= 0.6 is 23.2 Å². The molecule has 11 heteroatoms. The maximum atomic E-state index is 13.7. The van der Waals surface area contributed by atoms with Crippen LogP contribution in [0.2, 0.25) is 10.0 Å². The minimum Gasteiger partial charge on any atom is -0.454 e. The Morgan fingerprint density at radius 2 is 1.70 bits per heavy atom. The lowest BCUT2D eigenvalue weighted by Crippen LogP contribution is -2.33. The van der Waals surface area contributed by atoms with Gasteiger partial charge in [0.25, 0.3) is 5.56 Å². The fourth-order valence-electron chi connectivity index (χ4n) is 3.86. The van der Waals surface area contributed by atoms with Crippen molar-refractivity contribution in [2.45, 2.75) is 13.8 Å². The lowest BCUT2D eigenvalue weighted by atomic mass is 10.0. The van der Waals surface area contributed by atoms with E-state index in [4.69, 9.17) is 38.7 Å². The number of rotatable bonds is 4. The molecule has 2 heterocycles. The molecule has 0 saturated heterocycles. The number of anilines is 1. The van der Waals surface area contributed by atoms with Crippen LogP contribution in [0.3, 0.4) is 0 Å². The summed E-state index contributed by atoms with van der Waals surface area (Å²) in [5.74, 6) is -0.0200. The molecule has 0 unspecified atom stereocenters. The molecule has 0 aliphatic heterocycles. The van der Waals surface area contributed by atoms with Crippen molar-refractivity contribution in [1.29, 1.82) is 0 Å². The average molecular weight is 538 g/mol. The molecule has 3 aromatic carbocycles. The molecule has 0 saturated carbocycles. The lowest BCUT2D eigenvalue weighted by Gasteiger charge is -2.13. The van der Waals surface area contributed by atoms with Gasteiger partial charge in [0, 0.05) is 10.9 Å². The Labute approximate surface area is 219 Å². The molecule has 0 amide bonds. The molecule has 5 aromatic rings. The number of nitrogens with two attached hydrogens (primary N) is 1. The van der Waals surface area contributed by atoms with Crippen LogP contribution in [0.25, 0.3) is 27.8 Å². The number of nitrogens with one attached hydrogen (secondary N) is 1. The van der Waals surface area contributed by atoms with Crippen molar-refractivity contribution in [1.82, 2.24) is 19.7 Å². The van der Waals surface area contributed by atoms with Gasteiger partial charge in [0.2, 0.25) is 5.82 Å². The van der Waals surface area contributed by atoms with E-state index in [1.807, 2.05) is 19.1 Å². The number of halogens is 3. The summed E-state index contributed by atoms with van der Waals surface area (Å²) in [6.07, 6.45) is 0. The summed E-state index contributed by atoms with van der Waals surface area (Å²) in [5.41, 5.74) is 7.90. The maximum Gasteiger partial charge on any atom is 0.349 e. The number of hydrogen-bond acceptors (Lipinski definition) is 6. The molecule has 0 atom stereocenters. The number of aromatic nitrogens is 4. The van der Waals surface area contributed by atoms with Crippen molar-refractivity contribution in [3.05, 3.63) is 102 Å². The molecule has 0 bridgehead atoms. The standard InChI is InChI=1S/C26H18Cl2FN5O3/c1-12-8-22(14-3-5-20(29)13(2)7-14)31-21-6-4-16(11-17(12)21)37-23-18(27)9-15(10-19(23)28)34-26(36)32-25(35)24(30)33-34/h3-11H,1-2H3,(H2,30,33)(H,32,35,36). The van der Waals surface area contributed by atoms with E-state index in [9.17, 15) is 14.0 Å².